The largest absolute Gasteiger partial charge is 0.497 e. The normalized spacial score (nSPS) is 11.7. The van der Waals surface area contributed by atoms with Gasteiger partial charge in [-0.2, -0.15) is 0 Å². The minimum Gasteiger partial charge on any atom is -0.497 e. The third-order valence-corrected chi connectivity index (χ3v) is 6.67. The number of hydrogen-bond acceptors (Lipinski definition) is 6. The molecule has 1 N–H and O–H groups in total. The average Bonchev–Trinajstić information content (AvgIpc) is 2.83. The molecule has 0 aliphatic rings. The number of imide groups is 1. The van der Waals surface area contributed by atoms with E-state index in [0.717, 1.165) is 10.5 Å². The van der Waals surface area contributed by atoms with E-state index in [-0.39, 0.29) is 19.0 Å². The number of carbonyl (C=O) groups excluding carboxylic acids is 2. The van der Waals surface area contributed by atoms with Gasteiger partial charge in [0.1, 0.15) is 17.2 Å². The van der Waals surface area contributed by atoms with Crippen molar-refractivity contribution in [2.24, 2.45) is 5.92 Å². The summed E-state index contributed by atoms with van der Waals surface area (Å²) in [6.45, 7) is 9.38. The molecular weight excluding hydrogens is 506 g/mol. The zero-order valence-corrected chi connectivity index (χ0v) is 24.1. The van der Waals surface area contributed by atoms with Gasteiger partial charge in [0.05, 0.1) is 7.11 Å². The maximum absolute atomic E-state index is 13.7. The molecule has 0 bridgehead atoms. The molecule has 210 valence electrons. The summed E-state index contributed by atoms with van der Waals surface area (Å²) in [7, 11) is -2.46. The molecule has 0 saturated carbocycles. The van der Waals surface area contributed by atoms with Crippen molar-refractivity contribution in [3.05, 3.63) is 60.2 Å². The lowest BCUT2D eigenvalue weighted by molar-refractivity contribution is 0.0283. The number of nitrogens with zero attached hydrogens (tertiary/aromatic N) is 2. The van der Waals surface area contributed by atoms with E-state index in [0.29, 0.717) is 30.7 Å². The highest BCUT2D eigenvalue weighted by atomic mass is 32.2. The fourth-order valence-corrected chi connectivity index (χ4v) is 4.76. The van der Waals surface area contributed by atoms with Crippen LogP contribution < -0.4 is 9.46 Å². The molecule has 2 rings (SSSR count). The predicted octanol–water partition coefficient (Wildman–Crippen LogP) is 5.73. The summed E-state index contributed by atoms with van der Waals surface area (Å²) in [6.07, 6.45) is 0.922. The van der Waals surface area contributed by atoms with Gasteiger partial charge in [-0.3, -0.25) is 4.72 Å². The van der Waals surface area contributed by atoms with Crippen LogP contribution in [0.4, 0.5) is 15.3 Å². The molecule has 2 aromatic rings. The van der Waals surface area contributed by atoms with E-state index in [9.17, 15) is 18.0 Å². The van der Waals surface area contributed by atoms with Crippen molar-refractivity contribution in [3.63, 3.8) is 0 Å². The van der Waals surface area contributed by atoms with E-state index in [4.69, 9.17) is 9.47 Å². The Balaban J connectivity index is 2.27. The molecule has 0 atom stereocenters. The second-order valence-corrected chi connectivity index (χ2v) is 12.2. The number of methoxy groups -OCH3 is 1. The van der Waals surface area contributed by atoms with Crippen molar-refractivity contribution < 1.29 is 27.5 Å². The predicted molar refractivity (Wildman–Crippen MR) is 150 cm³/mol. The topological polar surface area (TPSA) is 105 Å². The molecule has 0 heterocycles. The number of rotatable bonds is 12. The summed E-state index contributed by atoms with van der Waals surface area (Å²) in [6, 6.07) is 15.5. The van der Waals surface area contributed by atoms with Crippen LogP contribution in [0.25, 0.3) is 0 Å². The second kappa shape index (κ2) is 14.0. The monoisotopic (exact) mass is 547 g/mol. The fourth-order valence-electron chi connectivity index (χ4n) is 3.55. The Hall–Kier alpha value is -3.27. The Bertz CT molecular complexity index is 1130. The summed E-state index contributed by atoms with van der Waals surface area (Å²) in [5.74, 6) is 0.191. The third kappa shape index (κ3) is 11.0. The molecule has 0 spiro atoms. The first kappa shape index (κ1) is 31.0. The number of sulfonamides is 1. The van der Waals surface area contributed by atoms with Crippen molar-refractivity contribution in [2.45, 2.75) is 59.5 Å². The molecule has 10 heteroatoms. The van der Waals surface area contributed by atoms with Crippen molar-refractivity contribution in [1.29, 1.82) is 0 Å². The summed E-state index contributed by atoms with van der Waals surface area (Å²) in [4.78, 5) is 28.9. The van der Waals surface area contributed by atoms with Gasteiger partial charge < -0.3 is 14.4 Å². The Morgan fingerprint density at radius 1 is 0.974 bits per heavy atom. The second-order valence-electron chi connectivity index (χ2n) is 10.5. The van der Waals surface area contributed by atoms with Crippen LogP contribution in [-0.2, 0) is 21.2 Å². The van der Waals surface area contributed by atoms with Crippen LogP contribution in [0.1, 0.15) is 53.0 Å². The first-order valence-electron chi connectivity index (χ1n) is 12.8. The number of benzene rings is 2. The maximum Gasteiger partial charge on any atom is 0.418 e. The molecule has 2 aromatic carbocycles. The van der Waals surface area contributed by atoms with Gasteiger partial charge in [-0.15, -0.1) is 0 Å². The van der Waals surface area contributed by atoms with Gasteiger partial charge >= 0.3 is 12.1 Å². The quantitative estimate of drug-likeness (QED) is 0.364. The zero-order chi connectivity index (χ0) is 28.3. The van der Waals surface area contributed by atoms with Gasteiger partial charge in [-0.05, 0) is 75.8 Å². The van der Waals surface area contributed by atoms with Gasteiger partial charge in [0.2, 0.25) is 0 Å². The molecule has 0 fully saturated rings. The number of urea groups is 1. The average molecular weight is 548 g/mol. The van der Waals surface area contributed by atoms with Crippen LogP contribution in [-0.4, -0.2) is 62.0 Å². The molecule has 3 amide bonds. The highest BCUT2D eigenvalue weighted by molar-refractivity contribution is 7.92. The minimum absolute atomic E-state index is 0.118. The number of aryl methyl sites for hydroxylation is 1. The van der Waals surface area contributed by atoms with Crippen molar-refractivity contribution in [3.8, 4) is 5.75 Å². The van der Waals surface area contributed by atoms with Gasteiger partial charge in [0.15, 0.2) is 0 Å². The summed E-state index contributed by atoms with van der Waals surface area (Å²) in [5, 5.41) is 0. The number of anilines is 1. The lowest BCUT2D eigenvalue weighted by Crippen LogP contribution is -2.50. The number of amides is 3. The van der Waals surface area contributed by atoms with Gasteiger partial charge in [-0.1, -0.05) is 44.2 Å². The van der Waals surface area contributed by atoms with Crippen LogP contribution in [0.5, 0.6) is 5.75 Å². The number of hydrogen-bond donors (Lipinski definition) is 1. The summed E-state index contributed by atoms with van der Waals surface area (Å²) >= 11 is 0. The number of nitrogens with one attached hydrogen (secondary N) is 1. The van der Waals surface area contributed by atoms with Crippen molar-refractivity contribution in [2.75, 3.05) is 30.8 Å². The minimum atomic E-state index is -3.98. The van der Waals surface area contributed by atoms with E-state index in [1.54, 1.807) is 45.0 Å². The first-order valence-corrected chi connectivity index (χ1v) is 14.4. The van der Waals surface area contributed by atoms with Gasteiger partial charge in [0.25, 0.3) is 10.0 Å². The summed E-state index contributed by atoms with van der Waals surface area (Å²) < 4.78 is 39.4. The Labute approximate surface area is 227 Å². The van der Waals surface area contributed by atoms with Crippen LogP contribution in [0.2, 0.25) is 0 Å². The van der Waals surface area contributed by atoms with Crippen LogP contribution in [0.3, 0.4) is 0 Å². The molecule has 0 aliphatic carbocycles. The highest BCUT2D eigenvalue weighted by Crippen LogP contribution is 2.18. The molecular formula is C28H41N3O6S. The molecule has 0 unspecified atom stereocenters. The van der Waals surface area contributed by atoms with E-state index in [1.165, 1.54) is 12.0 Å². The van der Waals surface area contributed by atoms with Crippen LogP contribution >= 0.6 is 0 Å². The Kier molecular flexibility index (Phi) is 11.4. The molecule has 9 nitrogen and oxygen atoms in total. The molecule has 38 heavy (non-hydrogen) atoms. The molecule has 0 aromatic heterocycles. The zero-order valence-electron chi connectivity index (χ0n) is 23.3. The Morgan fingerprint density at radius 2 is 1.61 bits per heavy atom. The number of ether oxygens (including phenoxy) is 2. The van der Waals surface area contributed by atoms with Crippen molar-refractivity contribution in [1.82, 2.24) is 9.80 Å². The van der Waals surface area contributed by atoms with Gasteiger partial charge in [-0.25, -0.2) is 22.9 Å². The maximum atomic E-state index is 13.7. The molecule has 0 radical (unpaired) electrons. The number of carbonyl (C=O) groups is 2. The van der Waals surface area contributed by atoms with E-state index < -0.39 is 33.6 Å². The molecule has 0 saturated heterocycles. The lowest BCUT2D eigenvalue weighted by atomic mass is 10.1. The SMILES string of the molecule is COc1ccc(NS(=O)(=O)CN(CCCc2ccccc2)C(=O)N(CCC(C)C)C(=O)OC(C)(C)C)cc1. The molecule has 0 aliphatic heterocycles. The van der Waals surface area contributed by atoms with Crippen LogP contribution in [0, 0.1) is 5.92 Å². The van der Waals surface area contributed by atoms with Crippen molar-refractivity contribution >= 4 is 27.8 Å². The summed E-state index contributed by atoms with van der Waals surface area (Å²) in [5.41, 5.74) is 0.599. The first-order chi connectivity index (χ1) is 17.8. The van der Waals surface area contributed by atoms with Gasteiger partial charge in [0, 0.05) is 18.8 Å². The van der Waals surface area contributed by atoms with Crippen LogP contribution in [0.15, 0.2) is 54.6 Å². The van der Waals surface area contributed by atoms with E-state index in [2.05, 4.69) is 4.72 Å². The highest BCUT2D eigenvalue weighted by Gasteiger charge is 2.32. The lowest BCUT2D eigenvalue weighted by Gasteiger charge is -2.31. The van der Waals surface area contributed by atoms with E-state index >= 15 is 0 Å². The van der Waals surface area contributed by atoms with E-state index in [1.807, 2.05) is 44.2 Å². The standard InChI is InChI=1S/C28H41N3O6S/c1-22(2)18-20-31(27(33)37-28(3,4)5)26(32)30(19-10-13-23-11-8-7-9-12-23)21-38(34,35)29-24-14-16-25(36-6)17-15-24/h7-9,11-12,14-17,22,29H,10,13,18-21H2,1-6H3. The smallest absolute Gasteiger partial charge is 0.418 e. The third-order valence-electron chi connectivity index (χ3n) is 5.47. The fraction of sp³-hybridized carbons (Fsp3) is 0.500. The Morgan fingerprint density at radius 3 is 2.16 bits per heavy atom.